The van der Waals surface area contributed by atoms with E-state index in [1.54, 1.807) is 17.0 Å². The molecule has 160 valence electrons. The number of aliphatic carboxylic acids is 1. The fourth-order valence-electron chi connectivity index (χ4n) is 4.12. The molecule has 1 atom stereocenters. The fraction of sp³-hybridized carbons (Fsp3) is 0.292. The van der Waals surface area contributed by atoms with Gasteiger partial charge in [0, 0.05) is 24.7 Å². The van der Waals surface area contributed by atoms with Crippen LogP contribution in [0.3, 0.4) is 0 Å². The van der Waals surface area contributed by atoms with E-state index in [0.29, 0.717) is 0 Å². The Bertz CT molecular complexity index is 1050. The zero-order valence-electron chi connectivity index (χ0n) is 17.3. The highest BCUT2D eigenvalue weighted by Gasteiger charge is 2.30. The van der Waals surface area contributed by atoms with E-state index < -0.39 is 18.1 Å². The average Bonchev–Trinajstić information content (AvgIpc) is 3.34. The second-order valence-corrected chi connectivity index (χ2v) is 7.61. The van der Waals surface area contributed by atoms with Gasteiger partial charge < -0.3 is 19.7 Å². The lowest BCUT2D eigenvalue weighted by Gasteiger charge is -2.18. The number of imidazole rings is 1. The average molecular weight is 419 g/mol. The quantitative estimate of drug-likeness (QED) is 0.579. The number of hydrogen-bond acceptors (Lipinski definition) is 4. The zero-order chi connectivity index (χ0) is 21.8. The molecule has 3 aromatic rings. The fourth-order valence-corrected chi connectivity index (χ4v) is 4.12. The van der Waals surface area contributed by atoms with Crippen LogP contribution in [0.25, 0.3) is 11.1 Å². The van der Waals surface area contributed by atoms with Crippen LogP contribution >= 0.6 is 0 Å². The largest absolute Gasteiger partial charge is 0.480 e. The van der Waals surface area contributed by atoms with Gasteiger partial charge in [-0.3, -0.25) is 0 Å². The first kappa shape index (κ1) is 20.7. The highest BCUT2D eigenvalue weighted by atomic mass is 16.5. The number of fused-ring (bicyclic) bond motifs is 3. The minimum Gasteiger partial charge on any atom is -0.480 e. The predicted octanol–water partition coefficient (Wildman–Crippen LogP) is 3.83. The van der Waals surface area contributed by atoms with Crippen LogP contribution in [0.15, 0.2) is 60.9 Å². The maximum atomic E-state index is 12.5. The van der Waals surface area contributed by atoms with Gasteiger partial charge in [-0.15, -0.1) is 0 Å². The summed E-state index contributed by atoms with van der Waals surface area (Å²) in [5, 5.41) is 12.1. The minimum atomic E-state index is -1.12. The standard InChI is InChI=1S/C24H25N3O4/c1-2-7-22-25-12-13-27(22)14-21(23(28)29)26-24(30)31-15-20-18-10-5-3-8-16(18)17-9-4-6-11-19(17)20/h3-6,8-13,20-21H,2,7,14-15H2,1H3,(H,26,30)(H,28,29). The van der Waals surface area contributed by atoms with E-state index in [2.05, 4.69) is 22.4 Å². The number of amides is 1. The molecule has 0 aliphatic heterocycles. The monoisotopic (exact) mass is 419 g/mol. The second-order valence-electron chi connectivity index (χ2n) is 7.61. The number of hydrogen-bond donors (Lipinski definition) is 2. The summed E-state index contributed by atoms with van der Waals surface area (Å²) in [6.45, 7) is 2.26. The van der Waals surface area contributed by atoms with E-state index in [0.717, 1.165) is 40.9 Å². The van der Waals surface area contributed by atoms with Crippen LogP contribution in [0, 0.1) is 0 Å². The smallest absolute Gasteiger partial charge is 0.407 e. The van der Waals surface area contributed by atoms with Crippen molar-refractivity contribution < 1.29 is 19.4 Å². The molecule has 7 nitrogen and oxygen atoms in total. The Morgan fingerprint density at radius 2 is 1.77 bits per heavy atom. The molecule has 1 aromatic heterocycles. The number of nitrogens with one attached hydrogen (secondary N) is 1. The molecule has 1 unspecified atom stereocenters. The number of carboxylic acid groups (broad SMARTS) is 1. The topological polar surface area (TPSA) is 93.5 Å². The summed E-state index contributed by atoms with van der Waals surface area (Å²) >= 11 is 0. The van der Waals surface area contributed by atoms with Crippen LogP contribution in [-0.4, -0.2) is 39.4 Å². The van der Waals surface area contributed by atoms with Crippen LogP contribution in [0.2, 0.25) is 0 Å². The SMILES string of the molecule is CCCc1nccn1CC(NC(=O)OCC1c2ccccc2-c2ccccc21)C(=O)O. The molecule has 0 bridgehead atoms. The summed E-state index contributed by atoms with van der Waals surface area (Å²) in [5.74, 6) is -0.404. The Morgan fingerprint density at radius 1 is 1.13 bits per heavy atom. The number of alkyl carbamates (subject to hydrolysis) is 1. The molecule has 1 aliphatic carbocycles. The molecular formula is C24H25N3O4. The number of benzene rings is 2. The molecule has 1 aliphatic rings. The Hall–Kier alpha value is -3.61. The molecule has 0 fully saturated rings. The molecule has 0 saturated carbocycles. The van der Waals surface area contributed by atoms with E-state index in [4.69, 9.17) is 4.74 Å². The van der Waals surface area contributed by atoms with Crippen LogP contribution in [0.4, 0.5) is 4.79 Å². The summed E-state index contributed by atoms with van der Waals surface area (Å²) in [6, 6.07) is 15.0. The van der Waals surface area contributed by atoms with Crippen LogP contribution in [-0.2, 0) is 22.5 Å². The normalized spacial score (nSPS) is 13.3. The van der Waals surface area contributed by atoms with Gasteiger partial charge in [0.05, 0.1) is 6.54 Å². The van der Waals surface area contributed by atoms with Crippen molar-refractivity contribution in [2.75, 3.05) is 6.61 Å². The van der Waals surface area contributed by atoms with Gasteiger partial charge in [-0.25, -0.2) is 14.6 Å². The Balaban J connectivity index is 1.42. The van der Waals surface area contributed by atoms with Crippen molar-refractivity contribution in [3.8, 4) is 11.1 Å². The first-order valence-corrected chi connectivity index (χ1v) is 10.4. The van der Waals surface area contributed by atoms with Gasteiger partial charge in [-0.05, 0) is 28.7 Å². The summed E-state index contributed by atoms with van der Waals surface area (Å²) in [4.78, 5) is 28.4. The van der Waals surface area contributed by atoms with Crippen molar-refractivity contribution in [3.63, 3.8) is 0 Å². The van der Waals surface area contributed by atoms with Crippen molar-refractivity contribution in [1.29, 1.82) is 0 Å². The maximum Gasteiger partial charge on any atom is 0.407 e. The predicted molar refractivity (Wildman–Crippen MR) is 116 cm³/mol. The van der Waals surface area contributed by atoms with Crippen LogP contribution < -0.4 is 5.32 Å². The van der Waals surface area contributed by atoms with Gasteiger partial charge in [-0.1, -0.05) is 55.5 Å². The van der Waals surface area contributed by atoms with Crippen molar-refractivity contribution in [1.82, 2.24) is 14.9 Å². The molecule has 1 heterocycles. The van der Waals surface area contributed by atoms with Gasteiger partial charge in [-0.2, -0.15) is 0 Å². The van der Waals surface area contributed by atoms with Gasteiger partial charge in [0.2, 0.25) is 0 Å². The molecule has 0 radical (unpaired) electrons. The zero-order valence-corrected chi connectivity index (χ0v) is 17.3. The molecule has 0 spiro atoms. The number of aromatic nitrogens is 2. The molecule has 7 heteroatoms. The third kappa shape index (κ3) is 4.30. The lowest BCUT2D eigenvalue weighted by Crippen LogP contribution is -2.44. The lowest BCUT2D eigenvalue weighted by molar-refractivity contribution is -0.139. The summed E-state index contributed by atoms with van der Waals surface area (Å²) in [7, 11) is 0. The molecule has 2 N–H and O–H groups in total. The van der Waals surface area contributed by atoms with Crippen molar-refractivity contribution in [2.24, 2.45) is 0 Å². The first-order valence-electron chi connectivity index (χ1n) is 10.4. The minimum absolute atomic E-state index is 0.0776. The van der Waals surface area contributed by atoms with E-state index in [1.807, 2.05) is 43.3 Å². The summed E-state index contributed by atoms with van der Waals surface area (Å²) in [5.41, 5.74) is 4.49. The number of carboxylic acids is 1. The van der Waals surface area contributed by atoms with E-state index in [9.17, 15) is 14.7 Å². The van der Waals surface area contributed by atoms with Gasteiger partial charge >= 0.3 is 12.1 Å². The van der Waals surface area contributed by atoms with Crippen molar-refractivity contribution in [3.05, 3.63) is 77.9 Å². The molecule has 0 saturated heterocycles. The van der Waals surface area contributed by atoms with Crippen LogP contribution in [0.5, 0.6) is 0 Å². The Labute approximate surface area is 180 Å². The van der Waals surface area contributed by atoms with Gasteiger partial charge in [0.1, 0.15) is 18.5 Å². The lowest BCUT2D eigenvalue weighted by atomic mass is 9.98. The number of ether oxygens (including phenoxy) is 1. The summed E-state index contributed by atoms with van der Waals surface area (Å²) < 4.78 is 7.23. The Kier molecular flexibility index (Phi) is 6.02. The van der Waals surface area contributed by atoms with Crippen molar-refractivity contribution in [2.45, 2.75) is 38.3 Å². The van der Waals surface area contributed by atoms with E-state index in [-0.39, 0.29) is 19.1 Å². The maximum absolute atomic E-state index is 12.5. The molecular weight excluding hydrogens is 394 g/mol. The van der Waals surface area contributed by atoms with E-state index in [1.165, 1.54) is 0 Å². The third-order valence-corrected chi connectivity index (χ3v) is 5.59. The molecule has 1 amide bonds. The number of carbonyl (C=O) groups excluding carboxylic acids is 1. The van der Waals surface area contributed by atoms with Crippen LogP contribution in [0.1, 0.15) is 36.2 Å². The first-order chi connectivity index (χ1) is 15.1. The van der Waals surface area contributed by atoms with E-state index >= 15 is 0 Å². The van der Waals surface area contributed by atoms with Crippen molar-refractivity contribution >= 4 is 12.1 Å². The number of aryl methyl sites for hydroxylation is 1. The molecule has 31 heavy (non-hydrogen) atoms. The van der Waals surface area contributed by atoms with Gasteiger partial charge in [0.25, 0.3) is 0 Å². The molecule has 2 aromatic carbocycles. The highest BCUT2D eigenvalue weighted by molar-refractivity contribution is 5.81. The number of nitrogens with zero attached hydrogens (tertiary/aromatic N) is 2. The second kappa shape index (κ2) is 9.04. The van der Waals surface area contributed by atoms with Gasteiger partial charge in [0.15, 0.2) is 0 Å². The summed E-state index contributed by atoms with van der Waals surface area (Å²) in [6.07, 6.45) is 4.25. The number of rotatable bonds is 8. The molecule has 4 rings (SSSR count). The number of carbonyl (C=O) groups is 2. The Morgan fingerprint density at radius 3 is 2.39 bits per heavy atom. The third-order valence-electron chi connectivity index (χ3n) is 5.59. The highest BCUT2D eigenvalue weighted by Crippen LogP contribution is 2.44.